The van der Waals surface area contributed by atoms with Crippen LogP contribution in [0.4, 0.5) is 5.69 Å². The second kappa shape index (κ2) is 5.71. The van der Waals surface area contributed by atoms with Gasteiger partial charge in [0.1, 0.15) is 5.75 Å². The maximum Gasteiger partial charge on any atom is 0.262 e. The molecule has 1 aliphatic heterocycles. The van der Waals surface area contributed by atoms with Gasteiger partial charge >= 0.3 is 0 Å². The maximum atomic E-state index is 11.2. The molecule has 92 valence electrons. The molecule has 0 bridgehead atoms. The third-order valence-electron chi connectivity index (χ3n) is 3.00. The smallest absolute Gasteiger partial charge is 0.262 e. The van der Waals surface area contributed by atoms with E-state index in [0.29, 0.717) is 0 Å². The van der Waals surface area contributed by atoms with Gasteiger partial charge in [0.15, 0.2) is 6.61 Å². The molecule has 0 aromatic heterocycles. The van der Waals surface area contributed by atoms with Crippen LogP contribution in [0.15, 0.2) is 18.2 Å². The number of benzene rings is 1. The van der Waals surface area contributed by atoms with Gasteiger partial charge in [-0.25, -0.2) is 0 Å². The first-order valence-corrected chi connectivity index (χ1v) is 6.35. The molecule has 1 aromatic carbocycles. The highest BCUT2D eigenvalue weighted by Gasteiger charge is 2.15. The van der Waals surface area contributed by atoms with Gasteiger partial charge in [0.25, 0.3) is 5.91 Å². The SMILES string of the molecule is CCCCCCc1ccc2c(c1)NC(=O)CO2. The zero-order valence-corrected chi connectivity index (χ0v) is 10.3. The number of amides is 1. The summed E-state index contributed by atoms with van der Waals surface area (Å²) in [5.74, 6) is 0.711. The maximum absolute atomic E-state index is 11.2. The van der Waals surface area contributed by atoms with E-state index in [9.17, 15) is 4.79 Å². The quantitative estimate of drug-likeness (QED) is 0.793. The highest BCUT2D eigenvalue weighted by Crippen LogP contribution is 2.28. The fourth-order valence-corrected chi connectivity index (χ4v) is 2.04. The van der Waals surface area contributed by atoms with E-state index < -0.39 is 0 Å². The minimum Gasteiger partial charge on any atom is -0.482 e. The molecule has 0 saturated heterocycles. The number of nitrogens with one attached hydrogen (secondary N) is 1. The van der Waals surface area contributed by atoms with Crippen molar-refractivity contribution < 1.29 is 9.53 Å². The Morgan fingerprint density at radius 3 is 3.00 bits per heavy atom. The lowest BCUT2D eigenvalue weighted by Crippen LogP contribution is -2.25. The molecular weight excluding hydrogens is 214 g/mol. The Balaban J connectivity index is 1.95. The molecule has 1 aliphatic rings. The molecule has 0 atom stereocenters. The number of anilines is 1. The lowest BCUT2D eigenvalue weighted by molar-refractivity contribution is -0.118. The molecular formula is C14H19NO2. The minimum absolute atomic E-state index is 0.0689. The van der Waals surface area contributed by atoms with Crippen molar-refractivity contribution in [3.63, 3.8) is 0 Å². The summed E-state index contributed by atoms with van der Waals surface area (Å²) in [4.78, 5) is 11.2. The summed E-state index contributed by atoms with van der Waals surface area (Å²) in [6.45, 7) is 2.34. The van der Waals surface area contributed by atoms with Crippen LogP contribution in [-0.4, -0.2) is 12.5 Å². The number of carbonyl (C=O) groups is 1. The molecule has 1 aromatic rings. The van der Waals surface area contributed by atoms with Gasteiger partial charge in [0, 0.05) is 0 Å². The van der Waals surface area contributed by atoms with Crippen molar-refractivity contribution in [2.45, 2.75) is 39.0 Å². The Kier molecular flexibility index (Phi) is 4.02. The zero-order chi connectivity index (χ0) is 12.1. The summed E-state index contributed by atoms with van der Waals surface area (Å²) >= 11 is 0. The molecule has 0 spiro atoms. The summed E-state index contributed by atoms with van der Waals surface area (Å²) in [7, 11) is 0. The van der Waals surface area contributed by atoms with Gasteiger partial charge in [-0.3, -0.25) is 4.79 Å². The van der Waals surface area contributed by atoms with Gasteiger partial charge in [-0.1, -0.05) is 32.3 Å². The molecule has 0 fully saturated rings. The van der Waals surface area contributed by atoms with Crippen LogP contribution in [0.25, 0.3) is 0 Å². The molecule has 1 heterocycles. The number of hydrogen-bond donors (Lipinski definition) is 1. The molecule has 3 heteroatoms. The number of hydrogen-bond acceptors (Lipinski definition) is 2. The Morgan fingerprint density at radius 2 is 2.18 bits per heavy atom. The van der Waals surface area contributed by atoms with Crippen molar-refractivity contribution in [3.8, 4) is 5.75 Å². The Bertz CT molecular complexity index is 401. The predicted molar refractivity (Wildman–Crippen MR) is 68.4 cm³/mol. The zero-order valence-electron chi connectivity index (χ0n) is 10.3. The first kappa shape index (κ1) is 12.0. The highest BCUT2D eigenvalue weighted by molar-refractivity contribution is 5.95. The Morgan fingerprint density at radius 1 is 1.29 bits per heavy atom. The van der Waals surface area contributed by atoms with E-state index in [4.69, 9.17) is 4.74 Å². The van der Waals surface area contributed by atoms with Gasteiger partial charge < -0.3 is 10.1 Å². The van der Waals surface area contributed by atoms with E-state index in [0.717, 1.165) is 17.9 Å². The lowest BCUT2D eigenvalue weighted by atomic mass is 10.0. The minimum atomic E-state index is -0.0689. The second-order valence-corrected chi connectivity index (χ2v) is 4.48. The van der Waals surface area contributed by atoms with Crippen molar-refractivity contribution in [1.82, 2.24) is 0 Å². The van der Waals surface area contributed by atoms with Crippen molar-refractivity contribution in [1.29, 1.82) is 0 Å². The summed E-state index contributed by atoms with van der Waals surface area (Å²) in [6.07, 6.45) is 6.11. The number of aryl methyl sites for hydroxylation is 1. The van der Waals surface area contributed by atoms with E-state index in [1.54, 1.807) is 0 Å². The molecule has 1 N–H and O–H groups in total. The van der Waals surface area contributed by atoms with Crippen LogP contribution < -0.4 is 10.1 Å². The standard InChI is InChI=1S/C14H19NO2/c1-2-3-4-5-6-11-7-8-13-12(9-11)15-14(16)10-17-13/h7-9H,2-6,10H2,1H3,(H,15,16). The molecule has 0 radical (unpaired) electrons. The average Bonchev–Trinajstić information content (AvgIpc) is 2.34. The molecule has 0 saturated carbocycles. The number of rotatable bonds is 5. The highest BCUT2D eigenvalue weighted by atomic mass is 16.5. The van der Waals surface area contributed by atoms with Crippen molar-refractivity contribution in [2.24, 2.45) is 0 Å². The third kappa shape index (κ3) is 3.22. The summed E-state index contributed by atoms with van der Waals surface area (Å²) in [5.41, 5.74) is 2.08. The fraction of sp³-hybridized carbons (Fsp3) is 0.500. The van der Waals surface area contributed by atoms with E-state index in [1.807, 2.05) is 12.1 Å². The van der Waals surface area contributed by atoms with Crippen molar-refractivity contribution in [2.75, 3.05) is 11.9 Å². The van der Waals surface area contributed by atoms with Gasteiger partial charge in [-0.05, 0) is 30.5 Å². The second-order valence-electron chi connectivity index (χ2n) is 4.48. The van der Waals surface area contributed by atoms with E-state index in [1.165, 1.54) is 31.2 Å². The molecule has 0 unspecified atom stereocenters. The number of ether oxygens (including phenoxy) is 1. The van der Waals surface area contributed by atoms with E-state index >= 15 is 0 Å². The van der Waals surface area contributed by atoms with Crippen molar-refractivity contribution in [3.05, 3.63) is 23.8 Å². The third-order valence-corrected chi connectivity index (χ3v) is 3.00. The van der Waals surface area contributed by atoms with E-state index in [-0.39, 0.29) is 12.5 Å². The average molecular weight is 233 g/mol. The molecule has 0 aliphatic carbocycles. The van der Waals surface area contributed by atoms with Gasteiger partial charge in [-0.15, -0.1) is 0 Å². The molecule has 3 nitrogen and oxygen atoms in total. The first-order valence-electron chi connectivity index (χ1n) is 6.35. The van der Waals surface area contributed by atoms with Crippen LogP contribution in [0.5, 0.6) is 5.75 Å². The Hall–Kier alpha value is -1.51. The van der Waals surface area contributed by atoms with Crippen LogP contribution >= 0.6 is 0 Å². The number of unbranched alkanes of at least 4 members (excludes halogenated alkanes) is 3. The topological polar surface area (TPSA) is 38.3 Å². The van der Waals surface area contributed by atoms with Gasteiger partial charge in [-0.2, -0.15) is 0 Å². The monoisotopic (exact) mass is 233 g/mol. The predicted octanol–water partition coefficient (Wildman–Crippen LogP) is 3.14. The van der Waals surface area contributed by atoms with Crippen LogP contribution in [0.3, 0.4) is 0 Å². The normalized spacial score (nSPS) is 13.8. The summed E-state index contributed by atoms with van der Waals surface area (Å²) < 4.78 is 5.32. The Labute approximate surface area is 102 Å². The van der Waals surface area contributed by atoms with Gasteiger partial charge in [0.2, 0.25) is 0 Å². The van der Waals surface area contributed by atoms with Crippen LogP contribution in [0, 0.1) is 0 Å². The van der Waals surface area contributed by atoms with Crippen molar-refractivity contribution >= 4 is 11.6 Å². The van der Waals surface area contributed by atoms with E-state index in [2.05, 4.69) is 18.3 Å². The lowest BCUT2D eigenvalue weighted by Gasteiger charge is -2.18. The number of fused-ring (bicyclic) bond motifs is 1. The fourth-order valence-electron chi connectivity index (χ4n) is 2.04. The number of carbonyl (C=O) groups excluding carboxylic acids is 1. The summed E-state index contributed by atoms with van der Waals surface area (Å²) in [5, 5.41) is 2.84. The van der Waals surface area contributed by atoms with Gasteiger partial charge in [0.05, 0.1) is 5.69 Å². The molecule has 17 heavy (non-hydrogen) atoms. The van der Waals surface area contributed by atoms with Crippen LogP contribution in [0.2, 0.25) is 0 Å². The molecule has 2 rings (SSSR count). The van der Waals surface area contributed by atoms with Crippen LogP contribution in [0.1, 0.15) is 38.2 Å². The largest absolute Gasteiger partial charge is 0.482 e. The molecule has 1 amide bonds. The summed E-state index contributed by atoms with van der Waals surface area (Å²) in [6, 6.07) is 6.06. The first-order chi connectivity index (χ1) is 8.29. The van der Waals surface area contributed by atoms with Crippen LogP contribution in [-0.2, 0) is 11.2 Å².